The number of fused-ring (bicyclic) bond motifs is 1. The Labute approximate surface area is 122 Å². The van der Waals surface area contributed by atoms with Gasteiger partial charge in [-0.2, -0.15) is 4.98 Å². The molecule has 96 valence electrons. The molecule has 0 saturated carbocycles. The van der Waals surface area contributed by atoms with E-state index in [1.54, 1.807) is 18.3 Å². The zero-order chi connectivity index (χ0) is 13.4. The molecule has 0 unspecified atom stereocenters. The van der Waals surface area contributed by atoms with E-state index in [1.807, 2.05) is 0 Å². The summed E-state index contributed by atoms with van der Waals surface area (Å²) in [7, 11) is 0. The summed E-state index contributed by atoms with van der Waals surface area (Å²) in [5.41, 5.74) is 1.80. The van der Waals surface area contributed by atoms with E-state index in [2.05, 4.69) is 25.3 Å². The fourth-order valence-corrected chi connectivity index (χ4v) is 2.51. The Morgan fingerprint density at radius 1 is 1.11 bits per heavy atom. The zero-order valence-electron chi connectivity index (χ0n) is 9.28. The molecule has 0 aliphatic heterocycles. The molecule has 2 N–H and O–H groups in total. The normalized spacial score (nSPS) is 10.9. The molecule has 5 nitrogen and oxygen atoms in total. The monoisotopic (exact) mass is 313 g/mol. The lowest BCUT2D eigenvalue weighted by molar-refractivity contribution is 1.20. The summed E-state index contributed by atoms with van der Waals surface area (Å²) in [5, 5.41) is 4.28. The van der Waals surface area contributed by atoms with Crippen LogP contribution in [0.15, 0.2) is 24.7 Å². The molecule has 0 amide bonds. The van der Waals surface area contributed by atoms with Gasteiger partial charge in [0.2, 0.25) is 5.95 Å². The maximum absolute atomic E-state index is 6.08. The first kappa shape index (κ1) is 12.5. The molecule has 3 rings (SSSR count). The van der Waals surface area contributed by atoms with E-state index in [4.69, 9.17) is 34.8 Å². The molecule has 1 aromatic carbocycles. The van der Waals surface area contributed by atoms with Crippen LogP contribution in [0.1, 0.15) is 0 Å². The molecule has 0 aliphatic rings. The number of aromatic nitrogens is 4. The Morgan fingerprint density at radius 3 is 2.53 bits per heavy atom. The van der Waals surface area contributed by atoms with Gasteiger partial charge in [-0.1, -0.05) is 34.8 Å². The third-order valence-corrected chi connectivity index (χ3v) is 3.23. The number of anilines is 2. The van der Waals surface area contributed by atoms with Crippen molar-refractivity contribution in [3.05, 3.63) is 39.7 Å². The Bertz CT molecular complexity index is 699. The van der Waals surface area contributed by atoms with Gasteiger partial charge in [-0.15, -0.1) is 0 Å². The van der Waals surface area contributed by atoms with Gasteiger partial charge in [0.1, 0.15) is 11.8 Å². The van der Waals surface area contributed by atoms with E-state index in [1.165, 1.54) is 6.33 Å². The van der Waals surface area contributed by atoms with E-state index < -0.39 is 0 Å². The third-order valence-electron chi connectivity index (χ3n) is 2.41. The minimum atomic E-state index is 0.407. The number of hydrogen-bond donors (Lipinski definition) is 2. The minimum absolute atomic E-state index is 0.407. The highest BCUT2D eigenvalue weighted by atomic mass is 35.5. The average Bonchev–Trinajstić information content (AvgIpc) is 2.76. The summed E-state index contributed by atoms with van der Waals surface area (Å²) in [6.45, 7) is 0. The topological polar surface area (TPSA) is 66.5 Å². The number of nitrogens with one attached hydrogen (secondary N) is 2. The fourth-order valence-electron chi connectivity index (χ4n) is 1.60. The summed E-state index contributed by atoms with van der Waals surface area (Å²) < 4.78 is 0. The fraction of sp³-hybridized carbons (Fsp3) is 0. The summed E-state index contributed by atoms with van der Waals surface area (Å²) in [6, 6.07) is 3.19. The molecular weight excluding hydrogens is 309 g/mol. The molecule has 0 atom stereocenters. The van der Waals surface area contributed by atoms with Crippen LogP contribution in [0.4, 0.5) is 11.6 Å². The number of benzene rings is 1. The predicted molar refractivity (Wildman–Crippen MR) is 76.4 cm³/mol. The predicted octanol–water partition coefficient (Wildman–Crippen LogP) is 4.06. The van der Waals surface area contributed by atoms with Gasteiger partial charge >= 0.3 is 0 Å². The van der Waals surface area contributed by atoms with Crippen molar-refractivity contribution in [3.8, 4) is 0 Å². The third kappa shape index (κ3) is 2.45. The summed E-state index contributed by atoms with van der Waals surface area (Å²) in [5.74, 6) is 0.474. The Hall–Kier alpha value is -1.56. The maximum Gasteiger partial charge on any atom is 0.207 e. The van der Waals surface area contributed by atoms with Crippen molar-refractivity contribution >= 4 is 57.6 Å². The molecule has 0 radical (unpaired) electrons. The van der Waals surface area contributed by atoms with Gasteiger partial charge < -0.3 is 10.3 Å². The van der Waals surface area contributed by atoms with Crippen molar-refractivity contribution in [2.24, 2.45) is 0 Å². The van der Waals surface area contributed by atoms with E-state index >= 15 is 0 Å². The number of hydrogen-bond acceptors (Lipinski definition) is 4. The van der Waals surface area contributed by atoms with E-state index in [0.717, 1.165) is 0 Å². The van der Waals surface area contributed by atoms with Gasteiger partial charge in [-0.3, -0.25) is 0 Å². The van der Waals surface area contributed by atoms with Gasteiger partial charge in [0.25, 0.3) is 0 Å². The standard InChI is InChI=1S/C11H6Cl3N5/c12-5-1-6(13)9(7(14)2-5)18-11-17-8-3-15-4-16-10(8)19-11/h1-4H,(H2,15,16,17,18,19). The highest BCUT2D eigenvalue weighted by Gasteiger charge is 2.10. The van der Waals surface area contributed by atoms with Gasteiger partial charge in [0.05, 0.1) is 21.9 Å². The minimum Gasteiger partial charge on any atom is -0.323 e. The maximum atomic E-state index is 6.08. The lowest BCUT2D eigenvalue weighted by Crippen LogP contribution is -1.94. The van der Waals surface area contributed by atoms with Crippen LogP contribution in [0.2, 0.25) is 15.1 Å². The number of H-pyrrole nitrogens is 1. The second kappa shape index (κ2) is 4.85. The van der Waals surface area contributed by atoms with Gasteiger partial charge in [0, 0.05) is 5.02 Å². The average molecular weight is 315 g/mol. The Balaban J connectivity index is 2.01. The van der Waals surface area contributed by atoms with E-state index in [-0.39, 0.29) is 0 Å². The SMILES string of the molecule is Clc1cc(Cl)c(Nc2nc3ncncc3[nH]2)c(Cl)c1. The number of halogens is 3. The second-order valence-corrected chi connectivity index (χ2v) is 4.97. The zero-order valence-corrected chi connectivity index (χ0v) is 11.6. The van der Waals surface area contributed by atoms with Crippen LogP contribution in [0, 0.1) is 0 Å². The molecule has 19 heavy (non-hydrogen) atoms. The molecule has 8 heteroatoms. The number of nitrogens with zero attached hydrogens (tertiary/aromatic N) is 3. The van der Waals surface area contributed by atoms with Crippen molar-refractivity contribution in [3.63, 3.8) is 0 Å². The van der Waals surface area contributed by atoms with E-state index in [0.29, 0.717) is 37.9 Å². The smallest absolute Gasteiger partial charge is 0.207 e. The lowest BCUT2D eigenvalue weighted by atomic mass is 10.3. The van der Waals surface area contributed by atoms with Crippen LogP contribution < -0.4 is 5.32 Å². The molecule has 0 spiro atoms. The molecule has 3 aromatic rings. The van der Waals surface area contributed by atoms with Crippen molar-refractivity contribution in [2.75, 3.05) is 5.32 Å². The highest BCUT2D eigenvalue weighted by molar-refractivity contribution is 6.41. The number of aromatic amines is 1. The van der Waals surface area contributed by atoms with Gasteiger partial charge in [-0.25, -0.2) is 9.97 Å². The highest BCUT2D eigenvalue weighted by Crippen LogP contribution is 2.35. The first-order chi connectivity index (χ1) is 9.13. The first-order valence-electron chi connectivity index (χ1n) is 5.21. The Kier molecular flexibility index (Phi) is 3.18. The summed E-state index contributed by atoms with van der Waals surface area (Å²) in [4.78, 5) is 15.2. The van der Waals surface area contributed by atoms with Crippen molar-refractivity contribution in [1.82, 2.24) is 19.9 Å². The lowest BCUT2D eigenvalue weighted by Gasteiger charge is -2.08. The van der Waals surface area contributed by atoms with Crippen LogP contribution >= 0.6 is 34.8 Å². The van der Waals surface area contributed by atoms with Gasteiger partial charge in [0.15, 0.2) is 5.65 Å². The molecule has 2 heterocycles. The molecule has 0 saturated heterocycles. The molecule has 0 fully saturated rings. The van der Waals surface area contributed by atoms with E-state index in [9.17, 15) is 0 Å². The second-order valence-electron chi connectivity index (χ2n) is 3.71. The first-order valence-corrected chi connectivity index (χ1v) is 6.34. The molecule has 2 aromatic heterocycles. The summed E-state index contributed by atoms with van der Waals surface area (Å²) in [6.07, 6.45) is 3.06. The molecular formula is C11H6Cl3N5. The number of rotatable bonds is 2. The quantitative estimate of drug-likeness (QED) is 0.748. The largest absolute Gasteiger partial charge is 0.323 e. The van der Waals surface area contributed by atoms with Crippen LogP contribution in [0.5, 0.6) is 0 Å². The number of imidazole rings is 1. The molecule has 0 bridgehead atoms. The van der Waals surface area contributed by atoms with Crippen molar-refractivity contribution in [1.29, 1.82) is 0 Å². The summed E-state index contributed by atoms with van der Waals surface area (Å²) >= 11 is 18.0. The van der Waals surface area contributed by atoms with Crippen LogP contribution in [0.25, 0.3) is 11.2 Å². The van der Waals surface area contributed by atoms with Crippen LogP contribution in [-0.4, -0.2) is 19.9 Å². The van der Waals surface area contributed by atoms with Crippen LogP contribution in [-0.2, 0) is 0 Å². The van der Waals surface area contributed by atoms with Gasteiger partial charge in [-0.05, 0) is 12.1 Å². The van der Waals surface area contributed by atoms with Crippen molar-refractivity contribution in [2.45, 2.75) is 0 Å². The van der Waals surface area contributed by atoms with Crippen LogP contribution in [0.3, 0.4) is 0 Å². The Morgan fingerprint density at radius 2 is 1.84 bits per heavy atom. The van der Waals surface area contributed by atoms with Crippen molar-refractivity contribution < 1.29 is 0 Å². The molecule has 0 aliphatic carbocycles.